The minimum absolute atomic E-state index is 0.616. The zero-order valence-electron chi connectivity index (χ0n) is 13.2. The highest BCUT2D eigenvalue weighted by molar-refractivity contribution is 7.99. The lowest BCUT2D eigenvalue weighted by atomic mass is 9.91. The molecule has 0 aliphatic heterocycles. The van der Waals surface area contributed by atoms with Gasteiger partial charge in [0, 0.05) is 20.2 Å². The molecule has 0 bridgehead atoms. The van der Waals surface area contributed by atoms with Crippen LogP contribution in [0.25, 0.3) is 0 Å². The fraction of sp³-hybridized carbons (Fsp3) is 0.647. The van der Waals surface area contributed by atoms with E-state index in [4.69, 9.17) is 4.74 Å². The Hall–Kier alpha value is -0.510. The Morgan fingerprint density at radius 1 is 1.30 bits per heavy atom. The van der Waals surface area contributed by atoms with Crippen LogP contribution < -0.4 is 5.32 Å². The van der Waals surface area contributed by atoms with Gasteiger partial charge in [-0.2, -0.15) is 11.8 Å². The molecule has 1 aromatic rings. The van der Waals surface area contributed by atoms with Crippen LogP contribution in [-0.2, 0) is 4.74 Å². The van der Waals surface area contributed by atoms with Crippen LogP contribution in [0.4, 0.5) is 0 Å². The maximum absolute atomic E-state index is 5.10. The molecule has 0 saturated heterocycles. The lowest BCUT2D eigenvalue weighted by Gasteiger charge is -2.20. The Morgan fingerprint density at radius 3 is 2.80 bits per heavy atom. The smallest absolute Gasteiger partial charge is 0.0587 e. The maximum Gasteiger partial charge on any atom is 0.0587 e. The summed E-state index contributed by atoms with van der Waals surface area (Å²) in [6.45, 7) is 7.22. The fourth-order valence-corrected chi connectivity index (χ4v) is 3.10. The molecule has 0 heterocycles. The molecule has 3 heteroatoms. The maximum atomic E-state index is 5.10. The number of methoxy groups -OCH3 is 1. The number of aryl methyl sites for hydroxylation is 1. The Labute approximate surface area is 128 Å². The van der Waals surface area contributed by atoms with E-state index in [1.807, 2.05) is 11.8 Å². The van der Waals surface area contributed by atoms with Gasteiger partial charge in [0.25, 0.3) is 0 Å². The van der Waals surface area contributed by atoms with Crippen molar-refractivity contribution in [2.24, 2.45) is 0 Å². The molecule has 1 rings (SSSR count). The van der Waals surface area contributed by atoms with Crippen molar-refractivity contribution < 1.29 is 4.74 Å². The molecule has 0 saturated carbocycles. The fourth-order valence-electron chi connectivity index (χ4n) is 2.44. The minimum atomic E-state index is 0.616. The first-order valence-corrected chi connectivity index (χ1v) is 8.78. The third-order valence-corrected chi connectivity index (χ3v) is 4.53. The quantitative estimate of drug-likeness (QED) is 0.627. The van der Waals surface area contributed by atoms with Gasteiger partial charge in [0.1, 0.15) is 0 Å². The number of nitrogens with one attached hydrogen (secondary N) is 1. The first kappa shape index (κ1) is 17.5. The molecule has 2 nitrogen and oxygen atoms in total. The van der Waals surface area contributed by atoms with Crippen LogP contribution in [0.15, 0.2) is 24.3 Å². The first-order chi connectivity index (χ1) is 9.79. The van der Waals surface area contributed by atoms with Gasteiger partial charge in [-0.3, -0.25) is 0 Å². The van der Waals surface area contributed by atoms with Crippen LogP contribution in [0.5, 0.6) is 0 Å². The van der Waals surface area contributed by atoms with E-state index in [2.05, 4.69) is 43.4 Å². The molecular weight excluding hydrogens is 266 g/mol. The van der Waals surface area contributed by atoms with Gasteiger partial charge in [-0.05, 0) is 48.3 Å². The van der Waals surface area contributed by atoms with Gasteiger partial charge in [-0.25, -0.2) is 0 Å². The molecule has 1 aromatic carbocycles. The summed E-state index contributed by atoms with van der Waals surface area (Å²) in [7, 11) is 1.75. The predicted octanol–water partition coefficient (Wildman–Crippen LogP) is 3.85. The van der Waals surface area contributed by atoms with Crippen molar-refractivity contribution in [1.29, 1.82) is 0 Å². The summed E-state index contributed by atoms with van der Waals surface area (Å²) in [5.41, 5.74) is 2.91. The van der Waals surface area contributed by atoms with Gasteiger partial charge in [0.15, 0.2) is 0 Å². The van der Waals surface area contributed by atoms with Crippen LogP contribution >= 0.6 is 11.8 Å². The second-order valence-electron chi connectivity index (χ2n) is 5.09. The Balaban J connectivity index is 2.52. The van der Waals surface area contributed by atoms with Gasteiger partial charge in [-0.1, -0.05) is 31.2 Å². The van der Waals surface area contributed by atoms with Gasteiger partial charge >= 0.3 is 0 Å². The van der Waals surface area contributed by atoms with E-state index in [9.17, 15) is 0 Å². The van der Waals surface area contributed by atoms with Crippen molar-refractivity contribution in [2.75, 3.05) is 38.3 Å². The lowest BCUT2D eigenvalue weighted by molar-refractivity contribution is 0.198. The molecule has 0 spiro atoms. The van der Waals surface area contributed by atoms with Crippen LogP contribution in [0.3, 0.4) is 0 Å². The van der Waals surface area contributed by atoms with E-state index in [-0.39, 0.29) is 0 Å². The van der Waals surface area contributed by atoms with Crippen molar-refractivity contribution >= 4 is 11.8 Å². The second-order valence-corrected chi connectivity index (χ2v) is 6.48. The lowest BCUT2D eigenvalue weighted by Crippen LogP contribution is -2.25. The summed E-state index contributed by atoms with van der Waals surface area (Å²) in [5, 5.41) is 3.52. The summed E-state index contributed by atoms with van der Waals surface area (Å²) in [6.07, 6.45) is 2.56. The Kier molecular flexibility index (Phi) is 9.81. The van der Waals surface area contributed by atoms with E-state index in [0.29, 0.717) is 5.92 Å². The SMILES string of the molecule is CCSCCCC(CNCCOC)c1ccccc1C. The highest BCUT2D eigenvalue weighted by atomic mass is 32.2. The average Bonchev–Trinajstić information content (AvgIpc) is 2.46. The van der Waals surface area contributed by atoms with Crippen molar-refractivity contribution in [2.45, 2.75) is 32.6 Å². The molecule has 0 fully saturated rings. The highest BCUT2D eigenvalue weighted by Gasteiger charge is 2.12. The van der Waals surface area contributed by atoms with Gasteiger partial charge in [-0.15, -0.1) is 0 Å². The predicted molar refractivity (Wildman–Crippen MR) is 90.9 cm³/mol. The van der Waals surface area contributed by atoms with E-state index in [1.165, 1.54) is 35.5 Å². The number of rotatable bonds is 11. The van der Waals surface area contributed by atoms with Gasteiger partial charge in [0.05, 0.1) is 6.61 Å². The summed E-state index contributed by atoms with van der Waals surface area (Å²) in [5.74, 6) is 3.11. The van der Waals surface area contributed by atoms with Crippen LogP contribution in [0.1, 0.15) is 36.8 Å². The molecule has 0 aliphatic carbocycles. The van der Waals surface area contributed by atoms with E-state index >= 15 is 0 Å². The Morgan fingerprint density at radius 2 is 2.10 bits per heavy atom. The monoisotopic (exact) mass is 295 g/mol. The summed E-state index contributed by atoms with van der Waals surface area (Å²) in [6, 6.07) is 8.79. The Bertz CT molecular complexity index is 345. The van der Waals surface area contributed by atoms with E-state index < -0.39 is 0 Å². The second kappa shape index (κ2) is 11.2. The van der Waals surface area contributed by atoms with Gasteiger partial charge < -0.3 is 10.1 Å². The van der Waals surface area contributed by atoms with Crippen molar-refractivity contribution in [1.82, 2.24) is 5.32 Å². The third-order valence-electron chi connectivity index (χ3n) is 3.55. The molecule has 114 valence electrons. The van der Waals surface area contributed by atoms with Crippen molar-refractivity contribution in [3.63, 3.8) is 0 Å². The van der Waals surface area contributed by atoms with Crippen molar-refractivity contribution in [3.8, 4) is 0 Å². The average molecular weight is 295 g/mol. The number of thioether (sulfide) groups is 1. The highest BCUT2D eigenvalue weighted by Crippen LogP contribution is 2.24. The van der Waals surface area contributed by atoms with Crippen LogP contribution in [0.2, 0.25) is 0 Å². The molecule has 20 heavy (non-hydrogen) atoms. The molecule has 0 aromatic heterocycles. The number of benzene rings is 1. The zero-order valence-corrected chi connectivity index (χ0v) is 14.0. The van der Waals surface area contributed by atoms with Crippen LogP contribution in [-0.4, -0.2) is 38.3 Å². The third kappa shape index (κ3) is 6.78. The topological polar surface area (TPSA) is 21.3 Å². The van der Waals surface area contributed by atoms with Crippen LogP contribution in [0, 0.1) is 6.92 Å². The summed E-state index contributed by atoms with van der Waals surface area (Å²) >= 11 is 2.04. The first-order valence-electron chi connectivity index (χ1n) is 7.62. The molecule has 1 unspecified atom stereocenters. The molecule has 0 amide bonds. The summed E-state index contributed by atoms with van der Waals surface area (Å²) < 4.78 is 5.10. The number of ether oxygens (including phenoxy) is 1. The largest absolute Gasteiger partial charge is 0.383 e. The van der Waals surface area contributed by atoms with E-state index in [1.54, 1.807) is 7.11 Å². The number of hydrogen-bond donors (Lipinski definition) is 1. The molecule has 1 atom stereocenters. The molecular formula is C17H29NOS. The zero-order chi connectivity index (χ0) is 14.6. The molecule has 0 aliphatic rings. The normalized spacial score (nSPS) is 12.6. The minimum Gasteiger partial charge on any atom is -0.383 e. The standard InChI is InChI=1S/C17H29NOS/c1-4-20-13-7-9-16(14-18-11-12-19-3)17-10-6-5-8-15(17)2/h5-6,8,10,16,18H,4,7,9,11-14H2,1-3H3. The number of hydrogen-bond acceptors (Lipinski definition) is 3. The molecule has 1 N–H and O–H groups in total. The van der Waals surface area contributed by atoms with Gasteiger partial charge in [0.2, 0.25) is 0 Å². The molecule has 0 radical (unpaired) electrons. The van der Waals surface area contributed by atoms with E-state index in [0.717, 1.165) is 19.7 Å². The van der Waals surface area contributed by atoms with Crippen molar-refractivity contribution in [3.05, 3.63) is 35.4 Å². The summed E-state index contributed by atoms with van der Waals surface area (Å²) in [4.78, 5) is 0.